The van der Waals surface area contributed by atoms with Crippen LogP contribution in [0.2, 0.25) is 0 Å². The normalized spacial score (nSPS) is 10.8. The third-order valence-electron chi connectivity index (χ3n) is 2.73. The van der Waals surface area contributed by atoms with Crippen LogP contribution in [0, 0.1) is 6.92 Å². The second-order valence-electron chi connectivity index (χ2n) is 4.40. The minimum absolute atomic E-state index is 0.114. The second kappa shape index (κ2) is 8.00. The van der Waals surface area contributed by atoms with E-state index in [-0.39, 0.29) is 5.91 Å². The van der Waals surface area contributed by atoms with Crippen LogP contribution in [0.4, 0.5) is 0 Å². The molecule has 0 aliphatic rings. The van der Waals surface area contributed by atoms with Crippen LogP contribution in [-0.4, -0.2) is 17.9 Å². The molecule has 1 N–H and O–H groups in total. The van der Waals surface area contributed by atoms with E-state index in [1.54, 1.807) is 6.21 Å². The molecule has 1 amide bonds. The predicted molar refractivity (Wildman–Crippen MR) is 91.8 cm³/mol. The quantitative estimate of drug-likeness (QED) is 0.496. The molecule has 3 nitrogen and oxygen atoms in total. The summed E-state index contributed by atoms with van der Waals surface area (Å²) in [6.45, 7) is 2.03. The summed E-state index contributed by atoms with van der Waals surface area (Å²) in [5.41, 5.74) is 4.64. The monoisotopic (exact) mass is 362 g/mol. The van der Waals surface area contributed by atoms with Crippen LogP contribution in [0.25, 0.3) is 0 Å². The molecule has 0 atom stereocenters. The number of halogens is 1. The van der Waals surface area contributed by atoms with Gasteiger partial charge < -0.3 is 0 Å². The topological polar surface area (TPSA) is 41.5 Å². The van der Waals surface area contributed by atoms with E-state index in [9.17, 15) is 4.79 Å². The summed E-state index contributed by atoms with van der Waals surface area (Å²) in [7, 11) is 0. The van der Waals surface area contributed by atoms with Crippen molar-refractivity contribution in [2.24, 2.45) is 5.10 Å². The van der Waals surface area contributed by atoms with Gasteiger partial charge in [-0.15, -0.1) is 11.8 Å². The molecule has 0 aromatic heterocycles. The lowest BCUT2D eigenvalue weighted by atomic mass is 10.2. The smallest absolute Gasteiger partial charge is 0.250 e. The maximum atomic E-state index is 11.7. The van der Waals surface area contributed by atoms with Crippen molar-refractivity contribution in [1.82, 2.24) is 5.43 Å². The molecule has 2 aromatic carbocycles. The molecule has 108 valence electrons. The molecule has 2 rings (SSSR count). The number of amides is 1. The highest BCUT2D eigenvalue weighted by atomic mass is 79.9. The Labute approximate surface area is 137 Å². The molecule has 0 aliphatic carbocycles. The van der Waals surface area contributed by atoms with E-state index in [1.165, 1.54) is 17.3 Å². The summed E-state index contributed by atoms with van der Waals surface area (Å²) >= 11 is 4.88. The molecule has 21 heavy (non-hydrogen) atoms. The van der Waals surface area contributed by atoms with Crippen LogP contribution < -0.4 is 5.43 Å². The van der Waals surface area contributed by atoms with E-state index in [0.29, 0.717) is 5.75 Å². The zero-order valence-electron chi connectivity index (χ0n) is 11.5. The first-order valence-corrected chi connectivity index (χ1v) is 8.19. The van der Waals surface area contributed by atoms with Gasteiger partial charge in [-0.25, -0.2) is 5.43 Å². The van der Waals surface area contributed by atoms with Crippen molar-refractivity contribution in [3.63, 3.8) is 0 Å². The Bertz CT molecular complexity index is 641. The van der Waals surface area contributed by atoms with Crippen LogP contribution in [-0.2, 0) is 4.79 Å². The Hall–Kier alpha value is -1.59. The van der Waals surface area contributed by atoms with Gasteiger partial charge in [-0.3, -0.25) is 4.79 Å². The molecule has 0 unspecified atom stereocenters. The number of carbonyl (C=O) groups is 1. The van der Waals surface area contributed by atoms with Crippen molar-refractivity contribution in [2.45, 2.75) is 11.8 Å². The zero-order valence-corrected chi connectivity index (χ0v) is 13.9. The number of aryl methyl sites for hydroxylation is 1. The standard InChI is InChI=1S/C16H15BrN2OS/c1-12-4-2-3-5-15(12)21-11-16(20)19-18-10-13-6-8-14(17)9-7-13/h2-10H,11H2,1H3,(H,19,20). The van der Waals surface area contributed by atoms with E-state index < -0.39 is 0 Å². The lowest BCUT2D eigenvalue weighted by Gasteiger charge is -2.03. The maximum Gasteiger partial charge on any atom is 0.250 e. The average Bonchev–Trinajstić information content (AvgIpc) is 2.48. The number of benzene rings is 2. The van der Waals surface area contributed by atoms with Crippen molar-refractivity contribution in [2.75, 3.05) is 5.75 Å². The molecule has 0 aliphatic heterocycles. The molecule has 0 saturated heterocycles. The largest absolute Gasteiger partial charge is 0.272 e. The molecule has 0 radical (unpaired) electrons. The minimum atomic E-state index is -0.114. The van der Waals surface area contributed by atoms with E-state index in [4.69, 9.17) is 0 Å². The first-order chi connectivity index (χ1) is 10.1. The fourth-order valence-electron chi connectivity index (χ4n) is 1.62. The van der Waals surface area contributed by atoms with Crippen molar-refractivity contribution in [3.05, 3.63) is 64.1 Å². The molecular formula is C16H15BrN2OS. The second-order valence-corrected chi connectivity index (χ2v) is 6.33. The first kappa shape index (κ1) is 15.8. The highest BCUT2D eigenvalue weighted by Crippen LogP contribution is 2.21. The van der Waals surface area contributed by atoms with E-state index in [2.05, 4.69) is 26.5 Å². The maximum absolute atomic E-state index is 11.7. The van der Waals surface area contributed by atoms with Gasteiger partial charge in [0.2, 0.25) is 5.91 Å². The fourth-order valence-corrected chi connectivity index (χ4v) is 2.71. The molecular weight excluding hydrogens is 348 g/mol. The first-order valence-electron chi connectivity index (χ1n) is 6.41. The summed E-state index contributed by atoms with van der Waals surface area (Å²) < 4.78 is 1.01. The number of hydrogen-bond acceptors (Lipinski definition) is 3. The van der Waals surface area contributed by atoms with Gasteiger partial charge in [0.05, 0.1) is 12.0 Å². The van der Waals surface area contributed by atoms with Crippen molar-refractivity contribution < 1.29 is 4.79 Å². The van der Waals surface area contributed by atoms with Gasteiger partial charge >= 0.3 is 0 Å². The van der Waals surface area contributed by atoms with E-state index >= 15 is 0 Å². The lowest BCUT2D eigenvalue weighted by molar-refractivity contribution is -0.118. The lowest BCUT2D eigenvalue weighted by Crippen LogP contribution is -2.19. The van der Waals surface area contributed by atoms with E-state index in [1.807, 2.05) is 55.5 Å². The molecule has 0 heterocycles. The summed E-state index contributed by atoms with van der Waals surface area (Å²) in [6, 6.07) is 15.7. The van der Waals surface area contributed by atoms with Gasteiger partial charge in [0.25, 0.3) is 0 Å². The van der Waals surface area contributed by atoms with Crippen LogP contribution in [0.5, 0.6) is 0 Å². The van der Waals surface area contributed by atoms with Gasteiger partial charge in [-0.2, -0.15) is 5.10 Å². The van der Waals surface area contributed by atoms with Gasteiger partial charge in [-0.1, -0.05) is 46.3 Å². The van der Waals surface area contributed by atoms with Crippen molar-refractivity contribution >= 4 is 39.8 Å². The molecule has 2 aromatic rings. The van der Waals surface area contributed by atoms with Crippen molar-refractivity contribution in [1.29, 1.82) is 0 Å². The van der Waals surface area contributed by atoms with Crippen LogP contribution >= 0.6 is 27.7 Å². The number of nitrogens with zero attached hydrogens (tertiary/aromatic N) is 1. The third-order valence-corrected chi connectivity index (χ3v) is 4.43. The van der Waals surface area contributed by atoms with Crippen LogP contribution in [0.3, 0.4) is 0 Å². The van der Waals surface area contributed by atoms with E-state index in [0.717, 1.165) is 14.9 Å². The summed E-state index contributed by atoms with van der Waals surface area (Å²) in [5.74, 6) is 0.235. The summed E-state index contributed by atoms with van der Waals surface area (Å²) in [6.07, 6.45) is 1.63. The number of hydrazone groups is 1. The molecule has 0 fully saturated rings. The molecule has 0 saturated carbocycles. The van der Waals surface area contributed by atoms with Gasteiger partial charge in [0, 0.05) is 9.37 Å². The van der Waals surface area contributed by atoms with Gasteiger partial charge in [0.15, 0.2) is 0 Å². The zero-order chi connectivity index (χ0) is 15.1. The average molecular weight is 363 g/mol. The number of rotatable bonds is 5. The Kier molecular flexibility index (Phi) is 6.02. The minimum Gasteiger partial charge on any atom is -0.272 e. The highest BCUT2D eigenvalue weighted by Gasteiger charge is 2.03. The fraction of sp³-hybridized carbons (Fsp3) is 0.125. The Morgan fingerprint density at radius 2 is 1.95 bits per heavy atom. The van der Waals surface area contributed by atoms with Crippen LogP contribution in [0.1, 0.15) is 11.1 Å². The predicted octanol–water partition coefficient (Wildman–Crippen LogP) is 4.00. The summed E-state index contributed by atoms with van der Waals surface area (Å²) in [5, 5.41) is 3.95. The Balaban J connectivity index is 1.80. The highest BCUT2D eigenvalue weighted by molar-refractivity contribution is 9.10. The number of carbonyl (C=O) groups excluding carboxylic acids is 1. The SMILES string of the molecule is Cc1ccccc1SCC(=O)NN=Cc1ccc(Br)cc1. The number of nitrogens with one attached hydrogen (secondary N) is 1. The van der Waals surface area contributed by atoms with Crippen LogP contribution in [0.15, 0.2) is 63.0 Å². The van der Waals surface area contributed by atoms with Gasteiger partial charge in [-0.05, 0) is 36.2 Å². The van der Waals surface area contributed by atoms with Gasteiger partial charge in [0.1, 0.15) is 0 Å². The number of hydrogen-bond donors (Lipinski definition) is 1. The Morgan fingerprint density at radius 3 is 2.67 bits per heavy atom. The molecule has 5 heteroatoms. The molecule has 0 bridgehead atoms. The third kappa shape index (κ3) is 5.36. The van der Waals surface area contributed by atoms with Crippen molar-refractivity contribution in [3.8, 4) is 0 Å². The molecule has 0 spiro atoms. The Morgan fingerprint density at radius 1 is 1.24 bits per heavy atom. The number of thioether (sulfide) groups is 1. The summed E-state index contributed by atoms with van der Waals surface area (Å²) in [4.78, 5) is 12.8.